The minimum Gasteiger partial charge on any atom is -0.308 e. The molecule has 13 heavy (non-hydrogen) atoms. The second-order valence-electron chi connectivity index (χ2n) is 5.23. The summed E-state index contributed by atoms with van der Waals surface area (Å²) in [5.74, 6) is 0. The summed E-state index contributed by atoms with van der Waals surface area (Å²) in [6.45, 7) is 13.8. The molecule has 0 aromatic carbocycles. The monoisotopic (exact) mass is 186 g/mol. The fourth-order valence-corrected chi connectivity index (χ4v) is 1.36. The highest BCUT2D eigenvalue weighted by Gasteiger charge is 2.14. The van der Waals surface area contributed by atoms with E-state index in [0.717, 1.165) is 13.1 Å². The summed E-state index contributed by atoms with van der Waals surface area (Å²) in [5, 5.41) is 0. The number of nitrogens with zero attached hydrogens (tertiary/aromatic N) is 2. The molecular weight excluding hydrogens is 160 g/mol. The van der Waals surface area contributed by atoms with E-state index in [1.807, 2.05) is 0 Å². The van der Waals surface area contributed by atoms with Gasteiger partial charge in [-0.1, -0.05) is 27.7 Å². The minimum atomic E-state index is 0.419. The summed E-state index contributed by atoms with van der Waals surface area (Å²) >= 11 is 0. The normalized spacial score (nSPS) is 12.9. The molecule has 0 bridgehead atoms. The average Bonchev–Trinajstić information content (AvgIpc) is 1.95. The van der Waals surface area contributed by atoms with E-state index >= 15 is 0 Å². The van der Waals surface area contributed by atoms with Gasteiger partial charge in [-0.25, -0.2) is 0 Å². The SMILES string of the molecule is CCN(CCN(C)C)CC(C)(C)C. The second-order valence-corrected chi connectivity index (χ2v) is 5.23. The first kappa shape index (κ1) is 12.9. The van der Waals surface area contributed by atoms with Gasteiger partial charge in [0.2, 0.25) is 0 Å². The van der Waals surface area contributed by atoms with Crippen LogP contribution in [0.1, 0.15) is 27.7 Å². The molecule has 80 valence electrons. The van der Waals surface area contributed by atoms with Gasteiger partial charge < -0.3 is 9.80 Å². The van der Waals surface area contributed by atoms with Crippen LogP contribution in [0.2, 0.25) is 0 Å². The highest BCUT2D eigenvalue weighted by Crippen LogP contribution is 2.14. The van der Waals surface area contributed by atoms with Crippen molar-refractivity contribution < 1.29 is 0 Å². The van der Waals surface area contributed by atoms with Crippen LogP contribution in [0.4, 0.5) is 0 Å². The van der Waals surface area contributed by atoms with Crippen LogP contribution in [0.3, 0.4) is 0 Å². The van der Waals surface area contributed by atoms with Crippen LogP contribution >= 0.6 is 0 Å². The fraction of sp³-hybridized carbons (Fsp3) is 1.00. The smallest absolute Gasteiger partial charge is 0.0109 e. The van der Waals surface area contributed by atoms with Gasteiger partial charge in [-0.2, -0.15) is 0 Å². The van der Waals surface area contributed by atoms with Crippen molar-refractivity contribution in [3.8, 4) is 0 Å². The molecule has 0 fully saturated rings. The van der Waals surface area contributed by atoms with E-state index in [4.69, 9.17) is 0 Å². The molecule has 0 saturated carbocycles. The first-order chi connectivity index (χ1) is 5.85. The quantitative estimate of drug-likeness (QED) is 0.647. The van der Waals surface area contributed by atoms with E-state index in [-0.39, 0.29) is 0 Å². The molecule has 0 aromatic heterocycles. The Morgan fingerprint density at radius 2 is 1.54 bits per heavy atom. The molecule has 0 atom stereocenters. The maximum Gasteiger partial charge on any atom is 0.0109 e. The molecule has 0 spiro atoms. The van der Waals surface area contributed by atoms with Crippen LogP contribution < -0.4 is 0 Å². The van der Waals surface area contributed by atoms with Crippen molar-refractivity contribution in [2.24, 2.45) is 5.41 Å². The third kappa shape index (κ3) is 8.26. The first-order valence-electron chi connectivity index (χ1n) is 5.22. The molecule has 0 aliphatic heterocycles. The number of hydrogen-bond acceptors (Lipinski definition) is 2. The van der Waals surface area contributed by atoms with E-state index in [1.165, 1.54) is 13.1 Å². The van der Waals surface area contributed by atoms with Gasteiger partial charge in [-0.15, -0.1) is 0 Å². The van der Waals surface area contributed by atoms with Gasteiger partial charge in [0.15, 0.2) is 0 Å². The largest absolute Gasteiger partial charge is 0.308 e. The van der Waals surface area contributed by atoms with Crippen molar-refractivity contribution in [2.75, 3.05) is 40.3 Å². The molecule has 2 heteroatoms. The maximum absolute atomic E-state index is 2.51. The summed E-state index contributed by atoms with van der Waals surface area (Å²) in [5.41, 5.74) is 0.419. The summed E-state index contributed by atoms with van der Waals surface area (Å²) in [6.07, 6.45) is 0. The van der Waals surface area contributed by atoms with Crippen molar-refractivity contribution in [3.63, 3.8) is 0 Å². The van der Waals surface area contributed by atoms with Gasteiger partial charge in [-0.3, -0.25) is 0 Å². The molecule has 2 nitrogen and oxygen atoms in total. The molecule has 0 amide bonds. The molecule has 0 unspecified atom stereocenters. The predicted octanol–water partition coefficient (Wildman–Crippen LogP) is 1.92. The van der Waals surface area contributed by atoms with Crippen molar-refractivity contribution in [1.82, 2.24) is 9.80 Å². The summed E-state index contributed by atoms with van der Waals surface area (Å²) in [4.78, 5) is 4.76. The predicted molar refractivity (Wildman–Crippen MR) is 60.1 cm³/mol. The average molecular weight is 186 g/mol. The standard InChI is InChI=1S/C11H26N2/c1-7-13(9-8-12(5)6)10-11(2,3)4/h7-10H2,1-6H3. The van der Waals surface area contributed by atoms with Crippen LogP contribution in [0.25, 0.3) is 0 Å². The van der Waals surface area contributed by atoms with Crippen molar-refractivity contribution in [2.45, 2.75) is 27.7 Å². The molecular formula is C11H26N2. The lowest BCUT2D eigenvalue weighted by molar-refractivity contribution is 0.184. The third-order valence-corrected chi connectivity index (χ3v) is 2.01. The maximum atomic E-state index is 2.51. The van der Waals surface area contributed by atoms with Gasteiger partial charge in [0.1, 0.15) is 0 Å². The lowest BCUT2D eigenvalue weighted by atomic mass is 9.96. The Labute approximate surface area is 83.9 Å². The van der Waals surface area contributed by atoms with Gasteiger partial charge in [0, 0.05) is 19.6 Å². The van der Waals surface area contributed by atoms with E-state index in [1.54, 1.807) is 0 Å². The lowest BCUT2D eigenvalue weighted by Gasteiger charge is -2.29. The zero-order valence-electron chi connectivity index (χ0n) is 10.2. The Bertz CT molecular complexity index is 125. The van der Waals surface area contributed by atoms with Crippen molar-refractivity contribution in [3.05, 3.63) is 0 Å². The van der Waals surface area contributed by atoms with Crippen LogP contribution in [-0.2, 0) is 0 Å². The lowest BCUT2D eigenvalue weighted by Crippen LogP contribution is -2.37. The Kier molecular flexibility index (Phi) is 5.57. The highest BCUT2D eigenvalue weighted by molar-refractivity contribution is 4.68. The zero-order valence-corrected chi connectivity index (χ0v) is 10.2. The summed E-state index contributed by atoms with van der Waals surface area (Å²) in [7, 11) is 4.26. The molecule has 0 rings (SSSR count). The Hall–Kier alpha value is -0.0800. The van der Waals surface area contributed by atoms with Crippen molar-refractivity contribution in [1.29, 1.82) is 0 Å². The number of likely N-dealkylation sites (N-methyl/N-ethyl adjacent to an activating group) is 2. The molecule has 0 N–H and O–H groups in total. The van der Waals surface area contributed by atoms with Crippen molar-refractivity contribution >= 4 is 0 Å². The number of rotatable bonds is 5. The van der Waals surface area contributed by atoms with Gasteiger partial charge in [-0.05, 0) is 26.1 Å². The summed E-state index contributed by atoms with van der Waals surface area (Å²) in [6, 6.07) is 0. The summed E-state index contributed by atoms with van der Waals surface area (Å²) < 4.78 is 0. The molecule has 0 aliphatic carbocycles. The van der Waals surface area contributed by atoms with Gasteiger partial charge in [0.25, 0.3) is 0 Å². The second kappa shape index (κ2) is 5.61. The van der Waals surface area contributed by atoms with Crippen LogP contribution in [-0.4, -0.2) is 50.1 Å². The van der Waals surface area contributed by atoms with E-state index in [0.29, 0.717) is 5.41 Å². The van der Waals surface area contributed by atoms with Gasteiger partial charge in [0.05, 0.1) is 0 Å². The fourth-order valence-electron chi connectivity index (χ4n) is 1.36. The molecule has 0 aromatic rings. The third-order valence-electron chi connectivity index (χ3n) is 2.01. The first-order valence-corrected chi connectivity index (χ1v) is 5.22. The molecule has 0 aliphatic rings. The van der Waals surface area contributed by atoms with Crippen LogP contribution in [0.5, 0.6) is 0 Å². The Balaban J connectivity index is 3.76. The zero-order chi connectivity index (χ0) is 10.5. The topological polar surface area (TPSA) is 6.48 Å². The Morgan fingerprint density at radius 3 is 1.85 bits per heavy atom. The van der Waals surface area contributed by atoms with E-state index < -0.39 is 0 Å². The van der Waals surface area contributed by atoms with E-state index in [2.05, 4.69) is 51.6 Å². The molecule has 0 radical (unpaired) electrons. The van der Waals surface area contributed by atoms with E-state index in [9.17, 15) is 0 Å². The van der Waals surface area contributed by atoms with Crippen LogP contribution in [0.15, 0.2) is 0 Å². The Morgan fingerprint density at radius 1 is 1.00 bits per heavy atom. The highest BCUT2D eigenvalue weighted by atomic mass is 15.2. The molecule has 0 saturated heterocycles. The minimum absolute atomic E-state index is 0.419. The van der Waals surface area contributed by atoms with Crippen LogP contribution in [0, 0.1) is 5.41 Å². The molecule has 0 heterocycles. The number of hydrogen-bond donors (Lipinski definition) is 0. The van der Waals surface area contributed by atoms with Gasteiger partial charge >= 0.3 is 0 Å².